The molecule has 1 aliphatic rings. The number of rotatable bonds is 12. The summed E-state index contributed by atoms with van der Waals surface area (Å²) in [6.07, 6.45) is 14.9. The van der Waals surface area contributed by atoms with Crippen LogP contribution in [0.3, 0.4) is 0 Å². The van der Waals surface area contributed by atoms with Gasteiger partial charge in [0.25, 0.3) is 0 Å². The monoisotopic (exact) mass is 398 g/mol. The zero-order valence-electron chi connectivity index (χ0n) is 18.5. The molecule has 0 aromatic heterocycles. The molecule has 0 spiro atoms. The number of nitrogens with zero attached hydrogens (tertiary/aromatic N) is 2. The van der Waals surface area contributed by atoms with E-state index in [1.807, 2.05) is 18.3 Å². The lowest BCUT2D eigenvalue weighted by Crippen LogP contribution is -2.22. The molecule has 1 aromatic rings. The van der Waals surface area contributed by atoms with E-state index in [1.165, 1.54) is 49.7 Å². The van der Waals surface area contributed by atoms with Crippen LogP contribution in [-0.2, 0) is 4.84 Å². The van der Waals surface area contributed by atoms with Crippen molar-refractivity contribution in [3.63, 3.8) is 0 Å². The number of benzene rings is 1. The van der Waals surface area contributed by atoms with Gasteiger partial charge in [-0.25, -0.2) is 0 Å². The van der Waals surface area contributed by atoms with Gasteiger partial charge in [0.2, 0.25) is 0 Å². The Kier molecular flexibility index (Phi) is 11.2. The van der Waals surface area contributed by atoms with Crippen molar-refractivity contribution in [2.45, 2.75) is 71.6 Å². The van der Waals surface area contributed by atoms with Crippen molar-refractivity contribution in [2.75, 3.05) is 20.3 Å². The summed E-state index contributed by atoms with van der Waals surface area (Å²) in [5.41, 5.74) is 3.61. The zero-order chi connectivity index (χ0) is 20.7. The van der Waals surface area contributed by atoms with Crippen LogP contribution in [0.2, 0.25) is 0 Å². The summed E-state index contributed by atoms with van der Waals surface area (Å²) in [7, 11) is 1.70. The van der Waals surface area contributed by atoms with Crippen molar-refractivity contribution in [2.24, 2.45) is 16.1 Å². The van der Waals surface area contributed by atoms with Gasteiger partial charge in [0, 0.05) is 18.7 Å². The molecule has 0 N–H and O–H groups in total. The predicted octanol–water partition coefficient (Wildman–Crippen LogP) is 6.70. The lowest BCUT2D eigenvalue weighted by Gasteiger charge is -2.26. The quantitative estimate of drug-likeness (QED) is 0.223. The van der Waals surface area contributed by atoms with Crippen LogP contribution >= 0.6 is 0 Å². The average molecular weight is 399 g/mol. The number of hydrogen-bond donors (Lipinski definition) is 0. The number of hydrogen-bond acceptors (Lipinski definition) is 4. The number of aliphatic imine (C=N–C) groups is 1. The number of methoxy groups -OCH3 is 1. The molecule has 1 atom stereocenters. The Morgan fingerprint density at radius 3 is 2.62 bits per heavy atom. The summed E-state index contributed by atoms with van der Waals surface area (Å²) in [5.74, 6) is 1.37. The fourth-order valence-electron chi connectivity index (χ4n) is 3.79. The highest BCUT2D eigenvalue weighted by atomic mass is 16.6. The first-order valence-corrected chi connectivity index (χ1v) is 11.3. The molecular formula is C25H38N2O2. The summed E-state index contributed by atoms with van der Waals surface area (Å²) in [4.78, 5) is 10.1. The van der Waals surface area contributed by atoms with Crippen LogP contribution in [-0.4, -0.2) is 32.2 Å². The molecule has 2 rings (SSSR count). The zero-order valence-corrected chi connectivity index (χ0v) is 18.5. The van der Waals surface area contributed by atoms with Crippen molar-refractivity contribution in [1.29, 1.82) is 0 Å². The molecule has 1 aliphatic carbocycles. The molecule has 0 radical (unpaired) electrons. The summed E-state index contributed by atoms with van der Waals surface area (Å²) in [5, 5.41) is 4.57. The third kappa shape index (κ3) is 8.43. The number of allylic oxidation sites excluding steroid dienone is 1. The largest absolute Gasteiger partial charge is 0.497 e. The number of oxime groups is 1. The molecule has 1 aromatic carbocycles. The van der Waals surface area contributed by atoms with Gasteiger partial charge in [-0.3, -0.25) is 4.99 Å². The number of ether oxygens (including phenoxy) is 1. The fourth-order valence-corrected chi connectivity index (χ4v) is 3.79. The van der Waals surface area contributed by atoms with Crippen LogP contribution in [0.4, 0.5) is 0 Å². The Balaban J connectivity index is 2.00. The van der Waals surface area contributed by atoms with Crippen molar-refractivity contribution >= 4 is 18.0 Å². The van der Waals surface area contributed by atoms with Crippen LogP contribution < -0.4 is 4.74 Å². The first kappa shape index (κ1) is 23.2. The SMILES string of the molecule is CCCCCC/N=C/CON=C1C(=Cc2ccc(OC)cc2)CCC[C@@H]1CCC. The molecule has 0 aliphatic heterocycles. The highest BCUT2D eigenvalue weighted by molar-refractivity contribution is 6.05. The van der Waals surface area contributed by atoms with Gasteiger partial charge >= 0.3 is 0 Å². The van der Waals surface area contributed by atoms with Crippen LogP contribution in [0, 0.1) is 5.92 Å². The lowest BCUT2D eigenvalue weighted by molar-refractivity contribution is 0.184. The molecular weight excluding hydrogens is 360 g/mol. The van der Waals surface area contributed by atoms with E-state index in [0.717, 1.165) is 37.3 Å². The van der Waals surface area contributed by atoms with Gasteiger partial charge < -0.3 is 9.57 Å². The highest BCUT2D eigenvalue weighted by Crippen LogP contribution is 2.31. The van der Waals surface area contributed by atoms with Crippen LogP contribution in [0.5, 0.6) is 5.75 Å². The van der Waals surface area contributed by atoms with Crippen LogP contribution in [0.25, 0.3) is 6.08 Å². The molecule has 4 nitrogen and oxygen atoms in total. The predicted molar refractivity (Wildman–Crippen MR) is 124 cm³/mol. The molecule has 0 amide bonds. The fraction of sp³-hybridized carbons (Fsp3) is 0.600. The molecule has 29 heavy (non-hydrogen) atoms. The molecule has 0 unspecified atom stereocenters. The van der Waals surface area contributed by atoms with Crippen molar-refractivity contribution in [3.8, 4) is 5.75 Å². The van der Waals surface area contributed by atoms with E-state index in [4.69, 9.17) is 9.57 Å². The summed E-state index contributed by atoms with van der Waals surface area (Å²) >= 11 is 0. The second-order valence-corrected chi connectivity index (χ2v) is 7.74. The topological polar surface area (TPSA) is 43.2 Å². The van der Waals surface area contributed by atoms with E-state index < -0.39 is 0 Å². The molecule has 160 valence electrons. The maximum atomic E-state index is 5.66. The van der Waals surface area contributed by atoms with E-state index >= 15 is 0 Å². The van der Waals surface area contributed by atoms with Gasteiger partial charge in [-0.1, -0.05) is 56.8 Å². The third-order valence-electron chi connectivity index (χ3n) is 5.39. The van der Waals surface area contributed by atoms with E-state index in [1.54, 1.807) is 7.11 Å². The first-order chi connectivity index (χ1) is 14.3. The van der Waals surface area contributed by atoms with Gasteiger partial charge in [-0.2, -0.15) is 0 Å². The van der Waals surface area contributed by atoms with Gasteiger partial charge in [0.1, 0.15) is 5.75 Å². The van der Waals surface area contributed by atoms with Gasteiger partial charge in [-0.05, 0) is 61.4 Å². The van der Waals surface area contributed by atoms with Crippen molar-refractivity contribution < 1.29 is 9.57 Å². The van der Waals surface area contributed by atoms with E-state index in [9.17, 15) is 0 Å². The highest BCUT2D eigenvalue weighted by Gasteiger charge is 2.24. The maximum absolute atomic E-state index is 5.66. The molecule has 0 bridgehead atoms. The Labute approximate surface area is 177 Å². The van der Waals surface area contributed by atoms with Gasteiger partial charge in [-0.15, -0.1) is 0 Å². The Morgan fingerprint density at radius 2 is 1.90 bits per heavy atom. The van der Waals surface area contributed by atoms with Gasteiger partial charge in [0.15, 0.2) is 6.61 Å². The number of unbranched alkanes of at least 4 members (excludes halogenated alkanes) is 3. The van der Waals surface area contributed by atoms with Gasteiger partial charge in [0.05, 0.1) is 12.8 Å². The summed E-state index contributed by atoms with van der Waals surface area (Å²) in [6, 6.07) is 8.20. The first-order valence-electron chi connectivity index (χ1n) is 11.3. The van der Waals surface area contributed by atoms with Crippen LogP contribution in [0.1, 0.15) is 77.2 Å². The normalized spacial score (nSPS) is 19.9. The Bertz CT molecular complexity index is 660. The second kappa shape index (κ2) is 14.0. The molecule has 1 saturated carbocycles. The Morgan fingerprint density at radius 1 is 1.07 bits per heavy atom. The molecule has 1 fully saturated rings. The molecule has 4 heteroatoms. The van der Waals surface area contributed by atoms with Crippen molar-refractivity contribution in [3.05, 3.63) is 35.4 Å². The van der Waals surface area contributed by atoms with E-state index in [0.29, 0.717) is 12.5 Å². The third-order valence-corrected chi connectivity index (χ3v) is 5.39. The standard InChI is InChI=1S/C25H38N2O2/c1-4-6-7-8-17-26-18-19-29-27-25-22(10-5-2)11-9-12-23(25)20-21-13-15-24(28-3)16-14-21/h13-16,18,20,22H,4-12,17,19H2,1-3H3/b23-20?,26-18+,27-25?/t22-/m0/s1. The van der Waals surface area contributed by atoms with Crippen molar-refractivity contribution in [1.82, 2.24) is 0 Å². The smallest absolute Gasteiger partial charge is 0.151 e. The molecule has 0 saturated heterocycles. The summed E-state index contributed by atoms with van der Waals surface area (Å²) < 4.78 is 5.27. The maximum Gasteiger partial charge on any atom is 0.151 e. The second-order valence-electron chi connectivity index (χ2n) is 7.74. The molecule has 0 heterocycles. The van der Waals surface area contributed by atoms with Crippen LogP contribution in [0.15, 0.2) is 40.0 Å². The minimum Gasteiger partial charge on any atom is -0.497 e. The minimum absolute atomic E-state index is 0.450. The lowest BCUT2D eigenvalue weighted by atomic mass is 9.80. The average Bonchev–Trinajstić information content (AvgIpc) is 2.75. The van der Waals surface area contributed by atoms with E-state index in [-0.39, 0.29) is 0 Å². The Hall–Kier alpha value is -2.10. The minimum atomic E-state index is 0.450. The summed E-state index contributed by atoms with van der Waals surface area (Å²) in [6.45, 7) is 5.81. The van der Waals surface area contributed by atoms with E-state index in [2.05, 4.69) is 42.2 Å².